The van der Waals surface area contributed by atoms with Gasteiger partial charge in [0.2, 0.25) is 15.9 Å². The van der Waals surface area contributed by atoms with Crippen LogP contribution in [-0.2, 0) is 21.4 Å². The lowest BCUT2D eigenvalue weighted by molar-refractivity contribution is -0.124. The molecule has 1 amide bonds. The average Bonchev–Trinajstić information content (AvgIpc) is 2.95. The third-order valence-electron chi connectivity index (χ3n) is 2.95. The molecule has 7 heteroatoms. The summed E-state index contributed by atoms with van der Waals surface area (Å²) >= 11 is 1.57. The van der Waals surface area contributed by atoms with E-state index in [1.54, 1.807) is 11.3 Å². The number of rotatable bonds is 4. The minimum Gasteiger partial charge on any atom is -0.350 e. The van der Waals surface area contributed by atoms with Crippen LogP contribution in [0.3, 0.4) is 0 Å². The summed E-state index contributed by atoms with van der Waals surface area (Å²) in [4.78, 5) is 13.0. The summed E-state index contributed by atoms with van der Waals surface area (Å²) in [6.45, 7) is 0.903. The molecular formula is C11H16N2O3S2. The first-order valence-corrected chi connectivity index (χ1v) is 8.48. The van der Waals surface area contributed by atoms with E-state index in [0.717, 1.165) is 17.6 Å². The molecule has 0 aromatic carbocycles. The van der Waals surface area contributed by atoms with E-state index in [-0.39, 0.29) is 5.91 Å². The number of nitrogens with one attached hydrogen (secondary N) is 1. The van der Waals surface area contributed by atoms with E-state index in [4.69, 9.17) is 0 Å². The summed E-state index contributed by atoms with van der Waals surface area (Å²) in [5.41, 5.74) is 0. The molecule has 0 aliphatic carbocycles. The zero-order chi connectivity index (χ0) is 13.2. The number of hydrogen-bond donors (Lipinski definition) is 1. The van der Waals surface area contributed by atoms with Crippen LogP contribution in [0.2, 0.25) is 0 Å². The Balaban J connectivity index is 1.96. The number of sulfonamides is 1. The van der Waals surface area contributed by atoms with Crippen LogP contribution in [0.1, 0.15) is 17.7 Å². The number of nitrogens with zero attached hydrogens (tertiary/aromatic N) is 1. The van der Waals surface area contributed by atoms with Gasteiger partial charge in [0.1, 0.15) is 6.04 Å². The second kappa shape index (κ2) is 5.38. The van der Waals surface area contributed by atoms with E-state index in [0.29, 0.717) is 19.5 Å². The molecule has 0 saturated carbocycles. The first-order valence-electron chi connectivity index (χ1n) is 5.75. The lowest BCUT2D eigenvalue weighted by Gasteiger charge is -2.21. The van der Waals surface area contributed by atoms with Crippen LogP contribution in [0.5, 0.6) is 0 Å². The van der Waals surface area contributed by atoms with Gasteiger partial charge >= 0.3 is 0 Å². The minimum atomic E-state index is -3.29. The van der Waals surface area contributed by atoms with Crippen LogP contribution >= 0.6 is 11.3 Å². The highest BCUT2D eigenvalue weighted by molar-refractivity contribution is 7.88. The van der Waals surface area contributed by atoms with E-state index in [9.17, 15) is 13.2 Å². The standard InChI is InChI=1S/C11H16N2O3S2/c1-18(15,16)13-6-2-5-10(13)11(14)12-8-9-4-3-7-17-9/h3-4,7,10H,2,5-6,8H2,1H3,(H,12,14). The highest BCUT2D eigenvalue weighted by atomic mass is 32.2. The van der Waals surface area contributed by atoms with E-state index >= 15 is 0 Å². The second-order valence-corrected chi connectivity index (χ2v) is 7.30. The van der Waals surface area contributed by atoms with Gasteiger partial charge in [0.25, 0.3) is 0 Å². The largest absolute Gasteiger partial charge is 0.350 e. The van der Waals surface area contributed by atoms with Crippen molar-refractivity contribution in [2.45, 2.75) is 25.4 Å². The Morgan fingerprint density at radius 3 is 3.00 bits per heavy atom. The molecule has 1 atom stereocenters. The van der Waals surface area contributed by atoms with Crippen molar-refractivity contribution < 1.29 is 13.2 Å². The molecule has 1 aliphatic heterocycles. The topological polar surface area (TPSA) is 66.5 Å². The van der Waals surface area contributed by atoms with Gasteiger partial charge in [-0.05, 0) is 24.3 Å². The number of amides is 1. The molecule has 1 unspecified atom stereocenters. The number of hydrogen-bond acceptors (Lipinski definition) is 4. The van der Waals surface area contributed by atoms with Gasteiger partial charge in [0.15, 0.2) is 0 Å². The van der Waals surface area contributed by atoms with Gasteiger partial charge in [0.05, 0.1) is 12.8 Å². The molecule has 1 aromatic rings. The van der Waals surface area contributed by atoms with Gasteiger partial charge in [0, 0.05) is 11.4 Å². The quantitative estimate of drug-likeness (QED) is 0.890. The summed E-state index contributed by atoms with van der Waals surface area (Å²) in [6, 6.07) is 3.32. The van der Waals surface area contributed by atoms with E-state index in [1.165, 1.54) is 4.31 Å². The van der Waals surface area contributed by atoms with Crippen LogP contribution in [-0.4, -0.2) is 37.5 Å². The van der Waals surface area contributed by atoms with E-state index < -0.39 is 16.1 Å². The molecule has 0 bridgehead atoms. The van der Waals surface area contributed by atoms with Crippen LogP contribution < -0.4 is 5.32 Å². The minimum absolute atomic E-state index is 0.202. The third-order valence-corrected chi connectivity index (χ3v) is 5.11. The Bertz CT molecular complexity index is 510. The predicted octanol–water partition coefficient (Wildman–Crippen LogP) is 0.788. The van der Waals surface area contributed by atoms with Crippen LogP contribution in [0, 0.1) is 0 Å². The van der Waals surface area contributed by atoms with Crippen molar-refractivity contribution in [3.05, 3.63) is 22.4 Å². The maximum Gasteiger partial charge on any atom is 0.238 e. The zero-order valence-electron chi connectivity index (χ0n) is 10.1. The molecule has 18 heavy (non-hydrogen) atoms. The fraction of sp³-hybridized carbons (Fsp3) is 0.545. The van der Waals surface area contributed by atoms with E-state index in [1.807, 2.05) is 17.5 Å². The van der Waals surface area contributed by atoms with Gasteiger partial charge in [-0.3, -0.25) is 4.79 Å². The molecule has 1 fully saturated rings. The van der Waals surface area contributed by atoms with Crippen LogP contribution in [0.25, 0.3) is 0 Å². The maximum absolute atomic E-state index is 12.0. The highest BCUT2D eigenvalue weighted by Gasteiger charge is 2.36. The van der Waals surface area contributed by atoms with Crippen molar-refractivity contribution in [1.82, 2.24) is 9.62 Å². The summed E-state index contributed by atoms with van der Waals surface area (Å²) in [7, 11) is -3.29. The predicted molar refractivity (Wildman–Crippen MR) is 70.7 cm³/mol. The van der Waals surface area contributed by atoms with E-state index in [2.05, 4.69) is 5.32 Å². The molecule has 1 N–H and O–H groups in total. The molecule has 0 radical (unpaired) electrons. The smallest absolute Gasteiger partial charge is 0.238 e. The summed E-state index contributed by atoms with van der Waals surface area (Å²) < 4.78 is 24.3. The lowest BCUT2D eigenvalue weighted by atomic mass is 10.2. The fourth-order valence-electron chi connectivity index (χ4n) is 2.10. The molecular weight excluding hydrogens is 272 g/mol. The number of carbonyl (C=O) groups excluding carboxylic acids is 1. The Hall–Kier alpha value is -0.920. The van der Waals surface area contributed by atoms with Crippen molar-refractivity contribution in [2.75, 3.05) is 12.8 Å². The summed E-state index contributed by atoms with van der Waals surface area (Å²) in [5.74, 6) is -0.202. The number of carbonyl (C=O) groups is 1. The molecule has 1 aliphatic rings. The highest BCUT2D eigenvalue weighted by Crippen LogP contribution is 2.20. The van der Waals surface area contributed by atoms with Gasteiger partial charge in [-0.15, -0.1) is 11.3 Å². The van der Waals surface area contributed by atoms with Gasteiger partial charge in [-0.1, -0.05) is 6.07 Å². The Kier molecular flexibility index (Phi) is 4.04. The maximum atomic E-state index is 12.0. The molecule has 2 heterocycles. The summed E-state index contributed by atoms with van der Waals surface area (Å²) in [6.07, 6.45) is 2.49. The lowest BCUT2D eigenvalue weighted by Crippen LogP contribution is -2.45. The van der Waals surface area contributed by atoms with Crippen LogP contribution in [0.15, 0.2) is 17.5 Å². The van der Waals surface area contributed by atoms with Crippen molar-refractivity contribution in [3.63, 3.8) is 0 Å². The molecule has 2 rings (SSSR count). The summed E-state index contributed by atoms with van der Waals surface area (Å²) in [5, 5.41) is 4.74. The first kappa shape index (κ1) is 13.5. The van der Waals surface area contributed by atoms with Crippen molar-refractivity contribution in [2.24, 2.45) is 0 Å². The van der Waals surface area contributed by atoms with Gasteiger partial charge in [-0.25, -0.2) is 8.42 Å². The molecule has 100 valence electrons. The molecule has 1 aromatic heterocycles. The Morgan fingerprint density at radius 2 is 2.39 bits per heavy atom. The Morgan fingerprint density at radius 1 is 1.61 bits per heavy atom. The zero-order valence-corrected chi connectivity index (χ0v) is 11.8. The monoisotopic (exact) mass is 288 g/mol. The van der Waals surface area contributed by atoms with Crippen molar-refractivity contribution in [3.8, 4) is 0 Å². The van der Waals surface area contributed by atoms with Crippen molar-refractivity contribution in [1.29, 1.82) is 0 Å². The Labute approximate surface area is 111 Å². The SMILES string of the molecule is CS(=O)(=O)N1CCCC1C(=O)NCc1cccs1. The molecule has 1 saturated heterocycles. The fourth-order valence-corrected chi connectivity index (χ4v) is 3.87. The van der Waals surface area contributed by atoms with Gasteiger partial charge in [-0.2, -0.15) is 4.31 Å². The average molecular weight is 288 g/mol. The first-order chi connectivity index (χ1) is 8.48. The van der Waals surface area contributed by atoms with Crippen molar-refractivity contribution >= 4 is 27.3 Å². The molecule has 0 spiro atoms. The third kappa shape index (κ3) is 3.09. The van der Waals surface area contributed by atoms with Crippen LogP contribution in [0.4, 0.5) is 0 Å². The molecule has 5 nitrogen and oxygen atoms in total. The van der Waals surface area contributed by atoms with Gasteiger partial charge < -0.3 is 5.32 Å². The normalized spacial score (nSPS) is 21.1. The number of thiophene rings is 1. The second-order valence-electron chi connectivity index (χ2n) is 4.33.